The summed E-state index contributed by atoms with van der Waals surface area (Å²) >= 11 is 5.85. The van der Waals surface area contributed by atoms with Crippen LogP contribution in [0.4, 0.5) is 0 Å². The fourth-order valence-corrected chi connectivity index (χ4v) is 1.98. The predicted molar refractivity (Wildman–Crippen MR) is 76.5 cm³/mol. The van der Waals surface area contributed by atoms with Crippen LogP contribution in [0.5, 0.6) is 0 Å². The molecule has 0 spiro atoms. The Morgan fingerprint density at radius 2 is 2.00 bits per heavy atom. The fourth-order valence-electron chi connectivity index (χ4n) is 1.85. The molecule has 0 fully saturated rings. The van der Waals surface area contributed by atoms with Crippen LogP contribution in [-0.4, -0.2) is 15.1 Å². The van der Waals surface area contributed by atoms with Gasteiger partial charge in [-0.1, -0.05) is 28.9 Å². The maximum absolute atomic E-state index is 8.84. The highest BCUT2D eigenvalue weighted by Crippen LogP contribution is 2.18. The van der Waals surface area contributed by atoms with Crippen LogP contribution >= 0.6 is 11.6 Å². The number of nitriles is 1. The molecule has 0 bridgehead atoms. The van der Waals surface area contributed by atoms with E-state index in [4.69, 9.17) is 21.4 Å². The average molecular weight is 297 g/mol. The van der Waals surface area contributed by atoms with Gasteiger partial charge >= 0.3 is 0 Å². The third-order valence-corrected chi connectivity index (χ3v) is 3.12. The Morgan fingerprint density at radius 3 is 2.76 bits per heavy atom. The number of aromatic nitrogens is 3. The lowest BCUT2D eigenvalue weighted by Crippen LogP contribution is -1.90. The van der Waals surface area contributed by atoms with E-state index in [0.717, 1.165) is 5.56 Å². The van der Waals surface area contributed by atoms with Gasteiger partial charge < -0.3 is 4.52 Å². The molecule has 0 saturated heterocycles. The first-order valence-corrected chi connectivity index (χ1v) is 6.56. The highest BCUT2D eigenvalue weighted by Gasteiger charge is 2.10. The van der Waals surface area contributed by atoms with Gasteiger partial charge in [0.1, 0.15) is 11.8 Å². The SMILES string of the molecule is N#Cc1cc(-c2nc(Cc3ccc(Cl)cc3)no2)ccn1. The second-order valence-electron chi connectivity index (χ2n) is 4.36. The standard InChI is InChI=1S/C15H9ClN4O/c16-12-3-1-10(2-4-12)7-14-19-15(21-20-14)11-5-6-18-13(8-11)9-17/h1-6,8H,7H2. The van der Waals surface area contributed by atoms with Crippen molar-refractivity contribution in [1.29, 1.82) is 5.26 Å². The van der Waals surface area contributed by atoms with Crippen molar-refractivity contribution in [1.82, 2.24) is 15.1 Å². The van der Waals surface area contributed by atoms with Crippen LogP contribution in [-0.2, 0) is 6.42 Å². The number of pyridine rings is 1. The van der Waals surface area contributed by atoms with Crippen molar-refractivity contribution >= 4 is 11.6 Å². The van der Waals surface area contributed by atoms with E-state index in [0.29, 0.717) is 34.4 Å². The molecule has 0 unspecified atom stereocenters. The molecule has 2 aromatic heterocycles. The van der Waals surface area contributed by atoms with Crippen molar-refractivity contribution in [3.63, 3.8) is 0 Å². The molecule has 3 aromatic rings. The molecule has 0 aliphatic rings. The molecule has 102 valence electrons. The van der Waals surface area contributed by atoms with E-state index in [1.807, 2.05) is 30.3 Å². The minimum absolute atomic E-state index is 0.310. The van der Waals surface area contributed by atoms with Crippen molar-refractivity contribution in [2.24, 2.45) is 0 Å². The lowest BCUT2D eigenvalue weighted by Gasteiger charge is -1.96. The van der Waals surface area contributed by atoms with Crippen LogP contribution < -0.4 is 0 Å². The summed E-state index contributed by atoms with van der Waals surface area (Å²) in [7, 11) is 0. The number of benzene rings is 1. The van der Waals surface area contributed by atoms with E-state index in [2.05, 4.69) is 15.1 Å². The van der Waals surface area contributed by atoms with Crippen molar-refractivity contribution in [2.45, 2.75) is 6.42 Å². The lowest BCUT2D eigenvalue weighted by atomic mass is 10.1. The van der Waals surface area contributed by atoms with Crippen LogP contribution in [0.2, 0.25) is 5.02 Å². The summed E-state index contributed by atoms with van der Waals surface area (Å²) in [6, 6.07) is 12.8. The molecule has 0 atom stereocenters. The summed E-state index contributed by atoms with van der Waals surface area (Å²) in [6.07, 6.45) is 2.09. The Morgan fingerprint density at radius 1 is 1.19 bits per heavy atom. The summed E-state index contributed by atoms with van der Waals surface area (Å²) < 4.78 is 5.22. The van der Waals surface area contributed by atoms with Gasteiger partial charge in [-0.05, 0) is 29.8 Å². The molecular weight excluding hydrogens is 288 g/mol. The van der Waals surface area contributed by atoms with E-state index in [-0.39, 0.29) is 0 Å². The summed E-state index contributed by atoms with van der Waals surface area (Å²) in [5, 5.41) is 13.5. The highest BCUT2D eigenvalue weighted by molar-refractivity contribution is 6.30. The maximum atomic E-state index is 8.84. The number of halogens is 1. The first-order valence-electron chi connectivity index (χ1n) is 6.18. The van der Waals surface area contributed by atoms with E-state index in [1.54, 1.807) is 12.1 Å². The molecule has 21 heavy (non-hydrogen) atoms. The van der Waals surface area contributed by atoms with E-state index in [9.17, 15) is 0 Å². The zero-order chi connectivity index (χ0) is 14.7. The van der Waals surface area contributed by atoms with Crippen LogP contribution in [0, 0.1) is 11.3 Å². The molecular formula is C15H9ClN4O. The van der Waals surface area contributed by atoms with Crippen molar-refractivity contribution in [3.8, 4) is 17.5 Å². The third-order valence-electron chi connectivity index (χ3n) is 2.87. The third kappa shape index (κ3) is 3.07. The zero-order valence-corrected chi connectivity index (χ0v) is 11.6. The predicted octanol–water partition coefficient (Wildman–Crippen LogP) is 3.25. The van der Waals surface area contributed by atoms with Gasteiger partial charge in [0.15, 0.2) is 5.82 Å². The summed E-state index contributed by atoms with van der Waals surface area (Å²) in [5.74, 6) is 0.945. The number of nitrogens with zero attached hydrogens (tertiary/aromatic N) is 4. The van der Waals surface area contributed by atoms with E-state index >= 15 is 0 Å². The Hall–Kier alpha value is -2.71. The van der Waals surface area contributed by atoms with Gasteiger partial charge in [-0.3, -0.25) is 0 Å². The zero-order valence-electron chi connectivity index (χ0n) is 10.8. The molecule has 0 saturated carbocycles. The Kier molecular flexibility index (Phi) is 3.63. The minimum Gasteiger partial charge on any atom is -0.334 e. The van der Waals surface area contributed by atoms with Crippen LogP contribution in [0.25, 0.3) is 11.5 Å². The molecule has 5 nitrogen and oxygen atoms in total. The van der Waals surface area contributed by atoms with Gasteiger partial charge in [0, 0.05) is 23.2 Å². The maximum Gasteiger partial charge on any atom is 0.258 e. The van der Waals surface area contributed by atoms with Gasteiger partial charge in [0.05, 0.1) is 0 Å². The van der Waals surface area contributed by atoms with E-state index in [1.165, 1.54) is 6.20 Å². The molecule has 0 aliphatic heterocycles. The van der Waals surface area contributed by atoms with Crippen molar-refractivity contribution in [3.05, 3.63) is 64.7 Å². The average Bonchev–Trinajstić information content (AvgIpc) is 2.98. The normalized spacial score (nSPS) is 10.3. The Labute approximate surface area is 125 Å². The Balaban J connectivity index is 1.83. The molecule has 2 heterocycles. The van der Waals surface area contributed by atoms with Crippen molar-refractivity contribution < 1.29 is 4.52 Å². The van der Waals surface area contributed by atoms with Gasteiger partial charge in [0.2, 0.25) is 0 Å². The molecule has 0 radical (unpaired) electrons. The smallest absolute Gasteiger partial charge is 0.258 e. The Bertz CT molecular complexity index is 805. The van der Waals surface area contributed by atoms with Crippen molar-refractivity contribution in [2.75, 3.05) is 0 Å². The molecule has 1 aromatic carbocycles. The van der Waals surface area contributed by atoms with Gasteiger partial charge in [-0.15, -0.1) is 0 Å². The minimum atomic E-state index is 0.310. The first-order chi connectivity index (χ1) is 10.2. The highest BCUT2D eigenvalue weighted by atomic mass is 35.5. The largest absolute Gasteiger partial charge is 0.334 e. The number of rotatable bonds is 3. The summed E-state index contributed by atoms with van der Waals surface area (Å²) in [6.45, 7) is 0. The molecule has 3 rings (SSSR count). The molecule has 0 amide bonds. The number of hydrogen-bond acceptors (Lipinski definition) is 5. The summed E-state index contributed by atoms with van der Waals surface area (Å²) in [5.41, 5.74) is 2.03. The monoisotopic (exact) mass is 296 g/mol. The fraction of sp³-hybridized carbons (Fsp3) is 0.0667. The topological polar surface area (TPSA) is 75.6 Å². The van der Waals surface area contributed by atoms with Crippen LogP contribution in [0.15, 0.2) is 47.1 Å². The number of hydrogen-bond donors (Lipinski definition) is 0. The second-order valence-corrected chi connectivity index (χ2v) is 4.80. The molecule has 6 heteroatoms. The van der Waals surface area contributed by atoms with Gasteiger partial charge in [0.25, 0.3) is 5.89 Å². The van der Waals surface area contributed by atoms with Gasteiger partial charge in [-0.25, -0.2) is 4.98 Å². The molecule has 0 aliphatic carbocycles. The van der Waals surface area contributed by atoms with Gasteiger partial charge in [-0.2, -0.15) is 10.2 Å². The quantitative estimate of drug-likeness (QED) is 0.741. The second kappa shape index (κ2) is 5.73. The van der Waals surface area contributed by atoms with Crippen LogP contribution in [0.3, 0.4) is 0 Å². The van der Waals surface area contributed by atoms with Crippen LogP contribution in [0.1, 0.15) is 17.1 Å². The first kappa shape index (κ1) is 13.3. The lowest BCUT2D eigenvalue weighted by molar-refractivity contribution is 0.424. The molecule has 0 N–H and O–H groups in total. The summed E-state index contributed by atoms with van der Waals surface area (Å²) in [4.78, 5) is 8.23. The van der Waals surface area contributed by atoms with E-state index < -0.39 is 0 Å².